The van der Waals surface area contributed by atoms with Crippen LogP contribution in [-0.2, 0) is 4.79 Å². The van der Waals surface area contributed by atoms with Gasteiger partial charge in [-0.05, 0) is 87.1 Å². The van der Waals surface area contributed by atoms with Crippen LogP contribution in [0.2, 0.25) is 0 Å². The van der Waals surface area contributed by atoms with Crippen LogP contribution in [0.15, 0.2) is 142 Å². The zero-order valence-electron chi connectivity index (χ0n) is 28.6. The van der Waals surface area contributed by atoms with Gasteiger partial charge in [0, 0.05) is 5.41 Å². The predicted molar refractivity (Wildman–Crippen MR) is 191 cm³/mol. The van der Waals surface area contributed by atoms with E-state index in [9.17, 15) is 4.79 Å². The monoisotopic (exact) mass is 566 g/mol. The van der Waals surface area contributed by atoms with Crippen molar-refractivity contribution in [1.29, 1.82) is 0 Å². The molecule has 0 radical (unpaired) electrons. The minimum absolute atomic E-state index is 0.135. The fourth-order valence-corrected chi connectivity index (χ4v) is 3.48. The van der Waals surface area contributed by atoms with Gasteiger partial charge in [-0.15, -0.1) is 0 Å². The Morgan fingerprint density at radius 2 is 0.881 bits per heavy atom. The molecule has 0 saturated heterocycles. The zero-order chi connectivity index (χ0) is 32.0. The van der Waals surface area contributed by atoms with Gasteiger partial charge in [-0.25, -0.2) is 0 Å². The van der Waals surface area contributed by atoms with Crippen molar-refractivity contribution in [1.82, 2.24) is 0 Å². The molecule has 0 saturated carbocycles. The van der Waals surface area contributed by atoms with Crippen molar-refractivity contribution in [2.45, 2.75) is 102 Å². The molecule has 0 aromatic rings. The molecule has 0 atom stereocenters. The van der Waals surface area contributed by atoms with E-state index in [0.29, 0.717) is 0 Å². The summed E-state index contributed by atoms with van der Waals surface area (Å²) in [4.78, 5) is 12.0. The highest BCUT2D eigenvalue weighted by Crippen LogP contribution is 2.16. The molecule has 1 nitrogen and oxygen atoms in total. The van der Waals surface area contributed by atoms with Crippen molar-refractivity contribution in [3.63, 3.8) is 0 Å². The summed E-state index contributed by atoms with van der Waals surface area (Å²) in [6, 6.07) is 0. The van der Waals surface area contributed by atoms with Gasteiger partial charge in [0.25, 0.3) is 0 Å². The molecule has 0 fully saturated rings. The Morgan fingerprint density at radius 3 is 1.36 bits per heavy atom. The Morgan fingerprint density at radius 1 is 0.476 bits per heavy atom. The maximum Gasteiger partial charge on any atom is 0.160 e. The van der Waals surface area contributed by atoms with Crippen molar-refractivity contribution < 1.29 is 4.79 Å². The van der Waals surface area contributed by atoms with Crippen molar-refractivity contribution in [3.05, 3.63) is 142 Å². The summed E-state index contributed by atoms with van der Waals surface area (Å²) in [5.74, 6) is 0.135. The lowest BCUT2D eigenvalue weighted by Gasteiger charge is -2.12. The molecule has 0 aromatic carbocycles. The van der Waals surface area contributed by atoms with E-state index in [2.05, 4.69) is 127 Å². The molecule has 0 bridgehead atoms. The van der Waals surface area contributed by atoms with Crippen LogP contribution in [0.25, 0.3) is 0 Å². The van der Waals surface area contributed by atoms with Crippen LogP contribution in [0.4, 0.5) is 0 Å². The first-order chi connectivity index (χ1) is 19.7. The quantitative estimate of drug-likeness (QED) is 0.103. The molecule has 0 aliphatic rings. The van der Waals surface area contributed by atoms with Crippen LogP contribution in [0.3, 0.4) is 0 Å². The number of carbonyl (C=O) groups excluding carboxylic acids is 1. The largest absolute Gasteiger partial charge is 0.294 e. The van der Waals surface area contributed by atoms with E-state index >= 15 is 0 Å². The molecular weight excluding hydrogens is 508 g/mol. The van der Waals surface area contributed by atoms with E-state index < -0.39 is 0 Å². The fraction of sp³-hybridized carbons (Fsp3) is 0.390. The lowest BCUT2D eigenvalue weighted by atomic mass is 9.90. The van der Waals surface area contributed by atoms with E-state index in [1.807, 2.05) is 45.9 Å². The Balaban J connectivity index is 4.71. The molecule has 0 aliphatic carbocycles. The fourth-order valence-electron chi connectivity index (χ4n) is 3.48. The molecule has 0 rings (SSSR count). The first-order valence-corrected chi connectivity index (χ1v) is 15.3. The third kappa shape index (κ3) is 23.3. The average molecular weight is 567 g/mol. The van der Waals surface area contributed by atoms with Crippen molar-refractivity contribution in [3.8, 4) is 0 Å². The van der Waals surface area contributed by atoms with Crippen LogP contribution in [0.5, 0.6) is 0 Å². The van der Waals surface area contributed by atoms with Gasteiger partial charge in [-0.2, -0.15) is 0 Å². The molecule has 0 aromatic heterocycles. The number of hydrogen-bond donors (Lipinski definition) is 0. The third-order valence-electron chi connectivity index (χ3n) is 6.37. The molecule has 228 valence electrons. The van der Waals surface area contributed by atoms with Crippen LogP contribution in [-0.4, -0.2) is 5.78 Å². The molecule has 1 heteroatoms. The molecule has 0 N–H and O–H groups in total. The van der Waals surface area contributed by atoms with Crippen LogP contribution >= 0.6 is 0 Å². The summed E-state index contributed by atoms with van der Waals surface area (Å²) < 4.78 is 0. The minimum atomic E-state index is -0.340. The lowest BCUT2D eigenvalue weighted by molar-refractivity contribution is -0.121. The number of ketones is 1. The summed E-state index contributed by atoms with van der Waals surface area (Å²) in [6.45, 7) is 22.9. The van der Waals surface area contributed by atoms with Gasteiger partial charge in [-0.1, -0.05) is 157 Å². The first kappa shape index (κ1) is 38.6. The SMILES string of the molecule is CC(C)=CCC/C(C)=C/CC/C(C)=C/C=C/C(C)=C/C=C/C=C(C)/C=C/C=C(C)/C=C/C=C(C)/C=C/C(=O)C(C)(C)C. The number of allylic oxidation sites excluding steroid dienone is 24. The van der Waals surface area contributed by atoms with E-state index in [1.165, 1.54) is 27.9 Å². The molecular formula is C41H58O. The molecule has 42 heavy (non-hydrogen) atoms. The van der Waals surface area contributed by atoms with Gasteiger partial charge < -0.3 is 0 Å². The molecule has 0 heterocycles. The smallest absolute Gasteiger partial charge is 0.160 e. The van der Waals surface area contributed by atoms with Crippen LogP contribution in [0.1, 0.15) is 102 Å². The topological polar surface area (TPSA) is 17.1 Å². The highest BCUT2D eigenvalue weighted by atomic mass is 16.1. The van der Waals surface area contributed by atoms with E-state index in [0.717, 1.165) is 36.8 Å². The summed E-state index contributed by atoms with van der Waals surface area (Å²) in [5.41, 5.74) is 8.56. The minimum Gasteiger partial charge on any atom is -0.294 e. The highest BCUT2D eigenvalue weighted by molar-refractivity contribution is 5.94. The van der Waals surface area contributed by atoms with Gasteiger partial charge in [0.05, 0.1) is 0 Å². The van der Waals surface area contributed by atoms with Crippen molar-refractivity contribution in [2.75, 3.05) is 0 Å². The predicted octanol–water partition coefficient (Wildman–Crippen LogP) is 12.6. The van der Waals surface area contributed by atoms with Gasteiger partial charge in [0.1, 0.15) is 0 Å². The maximum absolute atomic E-state index is 12.0. The zero-order valence-corrected chi connectivity index (χ0v) is 28.6. The summed E-state index contributed by atoms with van der Waals surface area (Å²) in [5, 5.41) is 0. The number of rotatable bonds is 16. The Kier molecular flexibility index (Phi) is 20.4. The summed E-state index contributed by atoms with van der Waals surface area (Å²) in [7, 11) is 0. The second kappa shape index (κ2) is 22.2. The standard InChI is InChI=1S/C41H58O/c1-33(2)19-14-22-36(5)25-17-28-37(6)26-15-23-34(3)20-12-13-21-35(4)24-16-27-38(7)29-18-30-39(8)31-32-40(42)41(9,10)11/h12-13,15-16,18-21,23-27,29-32H,14,17,22,28H2,1-11H3/b13-12+,23-15+,24-16+,29-18+,32-31+,34-20+,35-21+,36-25+,37-26+,38-27+,39-30+. The van der Waals surface area contributed by atoms with Crippen LogP contribution in [0, 0.1) is 5.41 Å². The Bertz CT molecular complexity index is 1210. The Labute approximate surface area is 259 Å². The highest BCUT2D eigenvalue weighted by Gasteiger charge is 2.17. The lowest BCUT2D eigenvalue weighted by Crippen LogP contribution is -2.17. The maximum atomic E-state index is 12.0. The molecule has 0 spiro atoms. The summed E-state index contributed by atoms with van der Waals surface area (Å²) >= 11 is 0. The normalized spacial score (nSPS) is 15.4. The third-order valence-corrected chi connectivity index (χ3v) is 6.37. The first-order valence-electron chi connectivity index (χ1n) is 15.3. The van der Waals surface area contributed by atoms with Gasteiger partial charge >= 0.3 is 0 Å². The Hall–Kier alpha value is -3.45. The van der Waals surface area contributed by atoms with Crippen molar-refractivity contribution in [2.24, 2.45) is 5.41 Å². The average Bonchev–Trinajstić information content (AvgIpc) is 2.89. The molecule has 0 amide bonds. The van der Waals surface area contributed by atoms with E-state index in [4.69, 9.17) is 0 Å². The van der Waals surface area contributed by atoms with E-state index in [1.54, 1.807) is 6.08 Å². The van der Waals surface area contributed by atoms with E-state index in [-0.39, 0.29) is 11.2 Å². The summed E-state index contributed by atoms with van der Waals surface area (Å²) in [6.07, 6.45) is 40.0. The van der Waals surface area contributed by atoms with Gasteiger partial charge in [-0.3, -0.25) is 4.79 Å². The number of carbonyl (C=O) groups is 1. The number of hydrogen-bond acceptors (Lipinski definition) is 1. The van der Waals surface area contributed by atoms with Gasteiger partial charge in [0.15, 0.2) is 5.78 Å². The van der Waals surface area contributed by atoms with Crippen molar-refractivity contribution >= 4 is 5.78 Å². The van der Waals surface area contributed by atoms with Crippen LogP contribution < -0.4 is 0 Å². The second-order valence-corrected chi connectivity index (χ2v) is 12.5. The molecule has 0 unspecified atom stereocenters. The molecule has 0 aliphatic heterocycles. The van der Waals surface area contributed by atoms with Gasteiger partial charge in [0.2, 0.25) is 0 Å². The second-order valence-electron chi connectivity index (χ2n) is 12.5.